The van der Waals surface area contributed by atoms with Gasteiger partial charge in [-0.05, 0) is 37.3 Å². The number of benzene rings is 1. The maximum Gasteiger partial charge on any atom is 0.253 e. The molecule has 0 spiro atoms. The highest BCUT2D eigenvalue weighted by atomic mass is 16.2. The Morgan fingerprint density at radius 1 is 1.21 bits per heavy atom. The monoisotopic (exact) mass is 258 g/mol. The Hall–Kier alpha value is -1.84. The summed E-state index contributed by atoms with van der Waals surface area (Å²) in [5, 5.41) is 5.82. The van der Waals surface area contributed by atoms with Gasteiger partial charge in [0, 0.05) is 12.0 Å². The van der Waals surface area contributed by atoms with Crippen LogP contribution in [0.2, 0.25) is 0 Å². The Morgan fingerprint density at radius 3 is 2.53 bits per heavy atom. The normalized spacial score (nSPS) is 24.7. The number of carbonyl (C=O) groups excluding carboxylic acids is 2. The SMILES string of the molecule is C[C@H]1C[C@H]1C(=O)Nc1ccccc1C(=O)NC1CC1. The Kier molecular flexibility index (Phi) is 3.01. The smallest absolute Gasteiger partial charge is 0.253 e. The topological polar surface area (TPSA) is 58.2 Å². The van der Waals surface area contributed by atoms with E-state index in [2.05, 4.69) is 17.6 Å². The lowest BCUT2D eigenvalue weighted by Gasteiger charge is -2.10. The van der Waals surface area contributed by atoms with Crippen LogP contribution in [0, 0.1) is 11.8 Å². The van der Waals surface area contributed by atoms with Crippen LogP contribution in [0.25, 0.3) is 0 Å². The predicted octanol–water partition coefficient (Wildman–Crippen LogP) is 2.17. The van der Waals surface area contributed by atoms with E-state index in [-0.39, 0.29) is 17.7 Å². The lowest BCUT2D eigenvalue weighted by Crippen LogP contribution is -2.27. The fourth-order valence-electron chi connectivity index (χ4n) is 2.19. The second-order valence-corrected chi connectivity index (χ2v) is 5.60. The third-order valence-electron chi connectivity index (χ3n) is 3.79. The highest BCUT2D eigenvalue weighted by molar-refractivity contribution is 6.04. The van der Waals surface area contributed by atoms with E-state index in [1.54, 1.807) is 12.1 Å². The van der Waals surface area contributed by atoms with Crippen molar-refractivity contribution in [1.82, 2.24) is 5.32 Å². The average molecular weight is 258 g/mol. The molecule has 2 amide bonds. The molecule has 2 atom stereocenters. The zero-order chi connectivity index (χ0) is 13.4. The number of nitrogens with one attached hydrogen (secondary N) is 2. The van der Waals surface area contributed by atoms with Crippen LogP contribution in [0.5, 0.6) is 0 Å². The molecule has 1 aromatic rings. The summed E-state index contributed by atoms with van der Waals surface area (Å²) in [5.41, 5.74) is 1.17. The van der Waals surface area contributed by atoms with Crippen molar-refractivity contribution in [2.24, 2.45) is 11.8 Å². The molecule has 2 aliphatic carbocycles. The Balaban J connectivity index is 1.72. The molecule has 0 radical (unpaired) electrons. The molecule has 2 fully saturated rings. The van der Waals surface area contributed by atoms with Gasteiger partial charge < -0.3 is 10.6 Å². The van der Waals surface area contributed by atoms with Crippen LogP contribution in [-0.2, 0) is 4.79 Å². The molecular weight excluding hydrogens is 240 g/mol. The molecule has 3 rings (SSSR count). The highest BCUT2D eigenvalue weighted by Gasteiger charge is 2.39. The highest BCUT2D eigenvalue weighted by Crippen LogP contribution is 2.38. The van der Waals surface area contributed by atoms with Gasteiger partial charge in [0.25, 0.3) is 5.91 Å². The lowest BCUT2D eigenvalue weighted by molar-refractivity contribution is -0.117. The minimum atomic E-state index is -0.0951. The molecule has 2 saturated carbocycles. The predicted molar refractivity (Wildman–Crippen MR) is 72.8 cm³/mol. The Labute approximate surface area is 112 Å². The van der Waals surface area contributed by atoms with Crippen molar-refractivity contribution < 1.29 is 9.59 Å². The van der Waals surface area contributed by atoms with Crippen molar-refractivity contribution in [2.45, 2.75) is 32.2 Å². The van der Waals surface area contributed by atoms with Crippen LogP contribution in [-0.4, -0.2) is 17.9 Å². The number of anilines is 1. The van der Waals surface area contributed by atoms with Gasteiger partial charge in [-0.3, -0.25) is 9.59 Å². The zero-order valence-corrected chi connectivity index (χ0v) is 11.0. The molecular formula is C15H18N2O2. The molecule has 0 unspecified atom stereocenters. The first-order valence-corrected chi connectivity index (χ1v) is 6.86. The minimum Gasteiger partial charge on any atom is -0.349 e. The van der Waals surface area contributed by atoms with E-state index >= 15 is 0 Å². The standard InChI is InChI=1S/C15H18N2O2/c1-9-8-12(9)15(19)17-13-5-3-2-4-11(13)14(18)16-10-6-7-10/h2-5,9-10,12H,6-8H2,1H3,(H,16,18)(H,17,19)/t9-,12+/m0/s1. The van der Waals surface area contributed by atoms with Crippen LogP contribution in [0.4, 0.5) is 5.69 Å². The van der Waals surface area contributed by atoms with Crippen LogP contribution < -0.4 is 10.6 Å². The largest absolute Gasteiger partial charge is 0.349 e. The van der Waals surface area contributed by atoms with Crippen molar-refractivity contribution >= 4 is 17.5 Å². The number of hydrogen-bond donors (Lipinski definition) is 2. The Bertz CT molecular complexity index is 523. The molecule has 4 heteroatoms. The summed E-state index contributed by atoms with van der Waals surface area (Å²) in [4.78, 5) is 24.0. The van der Waals surface area contributed by atoms with E-state index in [1.807, 2.05) is 12.1 Å². The summed E-state index contributed by atoms with van der Waals surface area (Å²) in [6.07, 6.45) is 3.06. The van der Waals surface area contributed by atoms with Gasteiger partial charge in [0.2, 0.25) is 5.91 Å². The second kappa shape index (κ2) is 4.68. The molecule has 100 valence electrons. The molecule has 0 saturated heterocycles. The van der Waals surface area contributed by atoms with Gasteiger partial charge in [0.1, 0.15) is 0 Å². The molecule has 0 bridgehead atoms. The van der Waals surface area contributed by atoms with Crippen molar-refractivity contribution in [3.05, 3.63) is 29.8 Å². The maximum atomic E-state index is 12.1. The molecule has 0 heterocycles. The summed E-state index contributed by atoms with van der Waals surface area (Å²) < 4.78 is 0. The average Bonchev–Trinajstić information content (AvgIpc) is 3.28. The quantitative estimate of drug-likeness (QED) is 0.869. The lowest BCUT2D eigenvalue weighted by atomic mass is 10.1. The van der Waals surface area contributed by atoms with Gasteiger partial charge in [-0.25, -0.2) is 0 Å². The first-order chi connectivity index (χ1) is 9.15. The van der Waals surface area contributed by atoms with Gasteiger partial charge in [-0.1, -0.05) is 19.1 Å². The number of hydrogen-bond acceptors (Lipinski definition) is 2. The van der Waals surface area contributed by atoms with E-state index in [0.29, 0.717) is 23.2 Å². The van der Waals surface area contributed by atoms with E-state index in [1.165, 1.54) is 0 Å². The first-order valence-electron chi connectivity index (χ1n) is 6.86. The summed E-state index contributed by atoms with van der Waals surface area (Å²) in [7, 11) is 0. The van der Waals surface area contributed by atoms with Crippen LogP contribution in [0.15, 0.2) is 24.3 Å². The molecule has 0 aliphatic heterocycles. The van der Waals surface area contributed by atoms with Crippen molar-refractivity contribution in [1.29, 1.82) is 0 Å². The minimum absolute atomic E-state index is 0.0270. The van der Waals surface area contributed by atoms with Crippen molar-refractivity contribution in [2.75, 3.05) is 5.32 Å². The molecule has 1 aromatic carbocycles. The third-order valence-corrected chi connectivity index (χ3v) is 3.79. The molecule has 4 nitrogen and oxygen atoms in total. The van der Waals surface area contributed by atoms with E-state index in [4.69, 9.17) is 0 Å². The van der Waals surface area contributed by atoms with E-state index in [0.717, 1.165) is 19.3 Å². The van der Waals surface area contributed by atoms with Gasteiger partial charge in [0.05, 0.1) is 11.3 Å². The zero-order valence-electron chi connectivity index (χ0n) is 11.0. The summed E-state index contributed by atoms with van der Waals surface area (Å²) in [6, 6.07) is 7.51. The van der Waals surface area contributed by atoms with Crippen molar-refractivity contribution in [3.8, 4) is 0 Å². The van der Waals surface area contributed by atoms with Crippen LogP contribution >= 0.6 is 0 Å². The number of carbonyl (C=O) groups is 2. The van der Waals surface area contributed by atoms with Crippen LogP contribution in [0.1, 0.15) is 36.5 Å². The summed E-state index contributed by atoms with van der Waals surface area (Å²) in [6.45, 7) is 2.07. The summed E-state index contributed by atoms with van der Waals surface area (Å²) >= 11 is 0. The molecule has 2 N–H and O–H groups in total. The Morgan fingerprint density at radius 2 is 1.89 bits per heavy atom. The fraction of sp³-hybridized carbons (Fsp3) is 0.467. The van der Waals surface area contributed by atoms with Gasteiger partial charge >= 0.3 is 0 Å². The fourth-order valence-corrected chi connectivity index (χ4v) is 2.19. The summed E-state index contributed by atoms with van der Waals surface area (Å²) in [5.74, 6) is 0.508. The molecule has 0 aromatic heterocycles. The number of rotatable bonds is 4. The van der Waals surface area contributed by atoms with Crippen LogP contribution in [0.3, 0.4) is 0 Å². The van der Waals surface area contributed by atoms with Crippen molar-refractivity contribution in [3.63, 3.8) is 0 Å². The van der Waals surface area contributed by atoms with Gasteiger partial charge in [-0.15, -0.1) is 0 Å². The van der Waals surface area contributed by atoms with Gasteiger partial charge in [-0.2, -0.15) is 0 Å². The number of para-hydroxylation sites is 1. The van der Waals surface area contributed by atoms with Gasteiger partial charge in [0.15, 0.2) is 0 Å². The second-order valence-electron chi connectivity index (χ2n) is 5.60. The maximum absolute atomic E-state index is 12.1. The van der Waals surface area contributed by atoms with E-state index < -0.39 is 0 Å². The molecule has 2 aliphatic rings. The van der Waals surface area contributed by atoms with E-state index in [9.17, 15) is 9.59 Å². The first kappa shape index (κ1) is 12.2. The third kappa shape index (κ3) is 2.78. The number of amides is 2. The molecule has 19 heavy (non-hydrogen) atoms.